The van der Waals surface area contributed by atoms with Gasteiger partial charge in [0.05, 0.1) is 17.1 Å². The number of aliphatic carboxylic acids is 1. The number of nitrogens with zero attached hydrogens (tertiary/aromatic N) is 2. The maximum absolute atomic E-state index is 10.9. The van der Waals surface area contributed by atoms with Gasteiger partial charge in [-0.25, -0.2) is 4.98 Å². The Morgan fingerprint density at radius 2 is 2.28 bits per heavy atom. The van der Waals surface area contributed by atoms with Crippen molar-refractivity contribution in [1.82, 2.24) is 9.97 Å². The maximum Gasteiger partial charge on any atom is 0.308 e. The molecule has 0 aliphatic rings. The van der Waals surface area contributed by atoms with Crippen LogP contribution >= 0.6 is 11.3 Å². The van der Waals surface area contributed by atoms with Gasteiger partial charge in [0.2, 0.25) is 0 Å². The van der Waals surface area contributed by atoms with Crippen molar-refractivity contribution in [3.8, 4) is 11.3 Å². The zero-order valence-corrected chi connectivity index (χ0v) is 11.1. The van der Waals surface area contributed by atoms with Gasteiger partial charge >= 0.3 is 5.97 Å². The van der Waals surface area contributed by atoms with Crippen LogP contribution in [0, 0.1) is 0 Å². The van der Waals surface area contributed by atoms with E-state index in [0.717, 1.165) is 21.1 Å². The largest absolute Gasteiger partial charge is 0.481 e. The molecule has 2 aromatic rings. The molecule has 2 aromatic heterocycles. The average Bonchev–Trinajstić information content (AvgIpc) is 2.73. The zero-order chi connectivity index (χ0) is 13.1. The fraction of sp³-hybridized carbons (Fsp3) is 0.308. The van der Waals surface area contributed by atoms with E-state index >= 15 is 0 Å². The number of hydrogen-bond acceptors (Lipinski definition) is 4. The highest BCUT2D eigenvalue weighted by atomic mass is 32.1. The molecule has 5 heteroatoms. The Kier molecular flexibility index (Phi) is 3.72. The van der Waals surface area contributed by atoms with Crippen LogP contribution in [0.5, 0.6) is 0 Å². The highest BCUT2D eigenvalue weighted by molar-refractivity contribution is 7.12. The number of rotatable bonds is 4. The minimum atomic E-state index is -0.834. The number of thiazole rings is 1. The van der Waals surface area contributed by atoms with E-state index in [-0.39, 0.29) is 6.42 Å². The SMILES string of the molecule is CC(C)c1nc(-c2cccnc2)c(CC(=O)O)s1. The van der Waals surface area contributed by atoms with E-state index < -0.39 is 5.97 Å². The highest BCUT2D eigenvalue weighted by Crippen LogP contribution is 2.31. The number of carbonyl (C=O) groups is 1. The van der Waals surface area contributed by atoms with E-state index in [1.165, 1.54) is 11.3 Å². The molecule has 0 amide bonds. The third-order valence-electron chi connectivity index (χ3n) is 2.45. The molecule has 0 unspecified atom stereocenters. The zero-order valence-electron chi connectivity index (χ0n) is 10.3. The van der Waals surface area contributed by atoms with Gasteiger partial charge in [-0.05, 0) is 12.1 Å². The lowest BCUT2D eigenvalue weighted by atomic mass is 10.1. The standard InChI is InChI=1S/C13H14N2O2S/c1-8(2)13-15-12(9-4-3-5-14-7-9)10(18-13)6-11(16)17/h3-5,7-8H,6H2,1-2H3,(H,16,17). The molecule has 0 fully saturated rings. The van der Waals surface area contributed by atoms with Gasteiger partial charge in [0.15, 0.2) is 0 Å². The quantitative estimate of drug-likeness (QED) is 0.920. The van der Waals surface area contributed by atoms with E-state index in [0.29, 0.717) is 5.92 Å². The summed E-state index contributed by atoms with van der Waals surface area (Å²) in [6.07, 6.45) is 3.41. The second kappa shape index (κ2) is 5.27. The van der Waals surface area contributed by atoms with Crippen molar-refractivity contribution in [2.75, 3.05) is 0 Å². The normalized spacial score (nSPS) is 10.8. The van der Waals surface area contributed by atoms with E-state index in [2.05, 4.69) is 23.8 Å². The molecule has 0 bridgehead atoms. The van der Waals surface area contributed by atoms with Crippen molar-refractivity contribution in [2.45, 2.75) is 26.2 Å². The van der Waals surface area contributed by atoms with Crippen molar-refractivity contribution < 1.29 is 9.90 Å². The third kappa shape index (κ3) is 2.73. The molecule has 2 rings (SSSR count). The third-order valence-corrected chi connectivity index (χ3v) is 3.81. The van der Waals surface area contributed by atoms with E-state index in [4.69, 9.17) is 5.11 Å². The second-order valence-corrected chi connectivity index (χ2v) is 5.41. The summed E-state index contributed by atoms with van der Waals surface area (Å²) in [6.45, 7) is 4.10. The van der Waals surface area contributed by atoms with Crippen LogP contribution in [0.1, 0.15) is 29.7 Å². The summed E-state index contributed by atoms with van der Waals surface area (Å²) in [5.41, 5.74) is 1.62. The molecule has 0 aliphatic heterocycles. The first-order valence-corrected chi connectivity index (χ1v) is 6.51. The molecule has 0 spiro atoms. The van der Waals surface area contributed by atoms with Crippen molar-refractivity contribution in [1.29, 1.82) is 0 Å². The molecule has 1 N–H and O–H groups in total. The minimum Gasteiger partial charge on any atom is -0.481 e. The summed E-state index contributed by atoms with van der Waals surface area (Å²) in [4.78, 5) is 20.3. The van der Waals surface area contributed by atoms with Crippen molar-refractivity contribution in [3.05, 3.63) is 34.4 Å². The summed E-state index contributed by atoms with van der Waals surface area (Å²) in [5, 5.41) is 9.91. The first-order valence-electron chi connectivity index (χ1n) is 5.69. The Labute approximate surface area is 109 Å². The van der Waals surface area contributed by atoms with E-state index in [9.17, 15) is 4.79 Å². The molecule has 0 aromatic carbocycles. The van der Waals surface area contributed by atoms with Crippen LogP contribution in [0.3, 0.4) is 0 Å². The highest BCUT2D eigenvalue weighted by Gasteiger charge is 2.17. The van der Waals surface area contributed by atoms with Crippen molar-refractivity contribution in [2.24, 2.45) is 0 Å². The van der Waals surface area contributed by atoms with Gasteiger partial charge in [-0.1, -0.05) is 13.8 Å². The Morgan fingerprint density at radius 1 is 1.50 bits per heavy atom. The molecule has 0 aliphatic carbocycles. The van der Waals surface area contributed by atoms with E-state index in [1.807, 2.05) is 12.1 Å². The minimum absolute atomic E-state index is 0.00855. The average molecular weight is 262 g/mol. The molecule has 18 heavy (non-hydrogen) atoms. The van der Waals surface area contributed by atoms with Crippen molar-refractivity contribution >= 4 is 17.3 Å². The Hall–Kier alpha value is -1.75. The Morgan fingerprint density at radius 3 is 2.83 bits per heavy atom. The predicted octanol–water partition coefficient (Wildman–Crippen LogP) is 2.96. The number of carboxylic acid groups (broad SMARTS) is 1. The Balaban J connectivity index is 2.47. The fourth-order valence-corrected chi connectivity index (χ4v) is 2.68. The van der Waals surface area contributed by atoms with Gasteiger partial charge in [0, 0.05) is 28.8 Å². The van der Waals surface area contributed by atoms with Crippen LogP contribution in [0.2, 0.25) is 0 Å². The lowest BCUT2D eigenvalue weighted by Gasteiger charge is -1.99. The number of hydrogen-bond donors (Lipinski definition) is 1. The fourth-order valence-electron chi connectivity index (χ4n) is 1.60. The maximum atomic E-state index is 10.9. The van der Waals surface area contributed by atoms with Crippen LogP contribution in [0.15, 0.2) is 24.5 Å². The van der Waals surface area contributed by atoms with Crippen molar-refractivity contribution in [3.63, 3.8) is 0 Å². The van der Waals surface area contributed by atoms with Gasteiger partial charge in [-0.15, -0.1) is 11.3 Å². The molecule has 2 heterocycles. The molecular formula is C13H14N2O2S. The molecule has 94 valence electrons. The summed E-state index contributed by atoms with van der Waals surface area (Å²) in [5.74, 6) is -0.535. The molecule has 4 nitrogen and oxygen atoms in total. The number of carboxylic acids is 1. The summed E-state index contributed by atoms with van der Waals surface area (Å²) in [6, 6.07) is 3.73. The van der Waals surface area contributed by atoms with Crippen LogP contribution < -0.4 is 0 Å². The lowest BCUT2D eigenvalue weighted by Crippen LogP contribution is -1.99. The monoisotopic (exact) mass is 262 g/mol. The Bertz CT molecular complexity index is 549. The smallest absolute Gasteiger partial charge is 0.308 e. The van der Waals surface area contributed by atoms with Gasteiger partial charge in [0.1, 0.15) is 0 Å². The van der Waals surface area contributed by atoms with Crippen LogP contribution in [0.4, 0.5) is 0 Å². The molecule has 0 radical (unpaired) electrons. The van der Waals surface area contributed by atoms with Gasteiger partial charge in [-0.2, -0.15) is 0 Å². The molecular weight excluding hydrogens is 248 g/mol. The van der Waals surface area contributed by atoms with Gasteiger partial charge < -0.3 is 5.11 Å². The molecule has 0 saturated heterocycles. The van der Waals surface area contributed by atoms with Crippen LogP contribution in [0.25, 0.3) is 11.3 Å². The molecule has 0 atom stereocenters. The summed E-state index contributed by atoms with van der Waals surface area (Å²) in [7, 11) is 0. The molecule has 0 saturated carbocycles. The van der Waals surface area contributed by atoms with E-state index in [1.54, 1.807) is 12.4 Å². The van der Waals surface area contributed by atoms with Gasteiger partial charge in [-0.3, -0.25) is 9.78 Å². The predicted molar refractivity (Wildman–Crippen MR) is 70.8 cm³/mol. The number of pyridine rings is 1. The van der Waals surface area contributed by atoms with Gasteiger partial charge in [0.25, 0.3) is 0 Å². The number of aromatic nitrogens is 2. The summed E-state index contributed by atoms with van der Waals surface area (Å²) < 4.78 is 0. The van der Waals surface area contributed by atoms with Crippen LogP contribution in [-0.4, -0.2) is 21.0 Å². The second-order valence-electron chi connectivity index (χ2n) is 4.29. The first kappa shape index (κ1) is 12.7. The van der Waals surface area contributed by atoms with Crippen LogP contribution in [-0.2, 0) is 11.2 Å². The summed E-state index contributed by atoms with van der Waals surface area (Å²) >= 11 is 1.47. The topological polar surface area (TPSA) is 63.1 Å². The first-order chi connectivity index (χ1) is 8.58. The lowest BCUT2D eigenvalue weighted by molar-refractivity contribution is -0.136.